The summed E-state index contributed by atoms with van der Waals surface area (Å²) in [6.45, 7) is 1.59. The fourth-order valence-corrected chi connectivity index (χ4v) is 1.97. The standard InChI is InChI=1S/C11H13NO5S/c1-7-5-8(3-4-9(7)11(14)15)12-10(13)6-18(2,16)17/h3-5H,6H2,1-2H3,(H,12,13)(H,14,15). The van der Waals surface area contributed by atoms with Crippen LogP contribution < -0.4 is 5.32 Å². The van der Waals surface area contributed by atoms with Gasteiger partial charge in [-0.2, -0.15) is 0 Å². The number of rotatable bonds is 4. The first-order valence-corrected chi connectivity index (χ1v) is 7.06. The van der Waals surface area contributed by atoms with Gasteiger partial charge in [0.25, 0.3) is 0 Å². The van der Waals surface area contributed by atoms with Gasteiger partial charge in [0.2, 0.25) is 5.91 Å². The van der Waals surface area contributed by atoms with E-state index in [1.54, 1.807) is 6.92 Å². The summed E-state index contributed by atoms with van der Waals surface area (Å²) in [5, 5.41) is 11.2. The molecule has 0 aliphatic heterocycles. The number of nitrogens with one attached hydrogen (secondary N) is 1. The Labute approximate surface area is 105 Å². The van der Waals surface area contributed by atoms with Gasteiger partial charge in [0, 0.05) is 11.9 Å². The van der Waals surface area contributed by atoms with Gasteiger partial charge in [-0.25, -0.2) is 13.2 Å². The summed E-state index contributed by atoms with van der Waals surface area (Å²) >= 11 is 0. The largest absolute Gasteiger partial charge is 0.478 e. The van der Waals surface area contributed by atoms with E-state index >= 15 is 0 Å². The SMILES string of the molecule is Cc1cc(NC(=O)CS(C)(=O)=O)ccc1C(=O)O. The highest BCUT2D eigenvalue weighted by Crippen LogP contribution is 2.15. The summed E-state index contributed by atoms with van der Waals surface area (Å²) in [5.74, 6) is -2.31. The van der Waals surface area contributed by atoms with Gasteiger partial charge in [-0.05, 0) is 30.7 Å². The highest BCUT2D eigenvalue weighted by Gasteiger charge is 2.12. The van der Waals surface area contributed by atoms with E-state index in [4.69, 9.17) is 5.11 Å². The van der Waals surface area contributed by atoms with E-state index in [1.165, 1.54) is 18.2 Å². The molecular formula is C11H13NO5S. The van der Waals surface area contributed by atoms with E-state index in [0.717, 1.165) is 6.26 Å². The van der Waals surface area contributed by atoms with Crippen LogP contribution in [0.5, 0.6) is 0 Å². The molecule has 1 aromatic carbocycles. The van der Waals surface area contributed by atoms with Crippen molar-refractivity contribution in [3.8, 4) is 0 Å². The van der Waals surface area contributed by atoms with Gasteiger partial charge in [-0.1, -0.05) is 0 Å². The summed E-state index contributed by atoms with van der Waals surface area (Å²) in [6, 6.07) is 4.24. The van der Waals surface area contributed by atoms with Crippen LogP contribution in [0.15, 0.2) is 18.2 Å². The van der Waals surface area contributed by atoms with Crippen molar-refractivity contribution in [2.45, 2.75) is 6.92 Å². The number of benzene rings is 1. The topological polar surface area (TPSA) is 101 Å². The number of carboxylic acids is 1. The fourth-order valence-electron chi connectivity index (χ4n) is 1.42. The predicted molar refractivity (Wildman–Crippen MR) is 66.5 cm³/mol. The number of anilines is 1. The number of carbonyl (C=O) groups is 2. The zero-order valence-electron chi connectivity index (χ0n) is 9.93. The van der Waals surface area contributed by atoms with Crippen LogP contribution in [0.25, 0.3) is 0 Å². The number of hydrogen-bond acceptors (Lipinski definition) is 4. The molecule has 0 heterocycles. The maximum absolute atomic E-state index is 11.4. The van der Waals surface area contributed by atoms with Gasteiger partial charge in [0.15, 0.2) is 9.84 Å². The Hall–Kier alpha value is -1.89. The molecular weight excluding hydrogens is 258 g/mol. The molecule has 0 saturated heterocycles. The van der Waals surface area contributed by atoms with Crippen LogP contribution in [0.3, 0.4) is 0 Å². The number of aryl methyl sites for hydroxylation is 1. The van der Waals surface area contributed by atoms with E-state index < -0.39 is 27.5 Å². The second-order valence-corrected chi connectivity index (χ2v) is 6.09. The van der Waals surface area contributed by atoms with Crippen LogP contribution in [-0.2, 0) is 14.6 Å². The molecule has 0 spiro atoms. The first-order chi connectivity index (χ1) is 8.19. The molecule has 2 N–H and O–H groups in total. The van der Waals surface area contributed by atoms with Crippen LogP contribution in [0.1, 0.15) is 15.9 Å². The van der Waals surface area contributed by atoms with Gasteiger partial charge >= 0.3 is 5.97 Å². The van der Waals surface area contributed by atoms with E-state index in [1.807, 2.05) is 0 Å². The highest BCUT2D eigenvalue weighted by atomic mass is 32.2. The van der Waals surface area contributed by atoms with Crippen molar-refractivity contribution < 1.29 is 23.1 Å². The van der Waals surface area contributed by atoms with Crippen LogP contribution in [0, 0.1) is 6.92 Å². The average Bonchev–Trinajstić information content (AvgIpc) is 2.13. The zero-order chi connectivity index (χ0) is 13.9. The Kier molecular flexibility index (Phi) is 4.07. The summed E-state index contributed by atoms with van der Waals surface area (Å²) in [4.78, 5) is 22.1. The molecule has 0 aromatic heterocycles. The van der Waals surface area contributed by atoms with Crippen molar-refractivity contribution in [2.24, 2.45) is 0 Å². The second kappa shape index (κ2) is 5.18. The normalized spacial score (nSPS) is 11.0. The van der Waals surface area contributed by atoms with Crippen LogP contribution in [0.2, 0.25) is 0 Å². The third-order valence-electron chi connectivity index (χ3n) is 2.13. The molecule has 1 aromatic rings. The van der Waals surface area contributed by atoms with Crippen molar-refractivity contribution in [1.29, 1.82) is 0 Å². The summed E-state index contributed by atoms with van der Waals surface area (Å²) < 4.78 is 21.8. The average molecular weight is 271 g/mol. The molecule has 18 heavy (non-hydrogen) atoms. The molecule has 0 fully saturated rings. The Morgan fingerprint density at radius 2 is 1.94 bits per heavy atom. The van der Waals surface area contributed by atoms with Gasteiger partial charge in [-0.3, -0.25) is 4.79 Å². The third-order valence-corrected chi connectivity index (χ3v) is 2.92. The van der Waals surface area contributed by atoms with Crippen molar-refractivity contribution in [2.75, 3.05) is 17.3 Å². The number of amides is 1. The molecule has 0 radical (unpaired) electrons. The van der Waals surface area contributed by atoms with Crippen molar-refractivity contribution in [3.63, 3.8) is 0 Å². The number of hydrogen-bond donors (Lipinski definition) is 2. The first kappa shape index (κ1) is 14.2. The molecule has 1 rings (SSSR count). The maximum atomic E-state index is 11.4. The molecule has 98 valence electrons. The number of sulfone groups is 1. The molecule has 7 heteroatoms. The lowest BCUT2D eigenvalue weighted by Crippen LogP contribution is -2.22. The van der Waals surface area contributed by atoms with E-state index in [-0.39, 0.29) is 5.56 Å². The lowest BCUT2D eigenvalue weighted by molar-refractivity contribution is -0.113. The summed E-state index contributed by atoms with van der Waals surface area (Å²) in [5.41, 5.74) is 0.988. The Balaban J connectivity index is 2.84. The Morgan fingerprint density at radius 3 is 2.39 bits per heavy atom. The molecule has 0 unspecified atom stereocenters. The molecule has 0 bridgehead atoms. The highest BCUT2D eigenvalue weighted by molar-refractivity contribution is 7.91. The second-order valence-electron chi connectivity index (χ2n) is 3.95. The lowest BCUT2D eigenvalue weighted by atomic mass is 10.1. The van der Waals surface area contributed by atoms with Crippen molar-refractivity contribution >= 4 is 27.4 Å². The van der Waals surface area contributed by atoms with E-state index in [0.29, 0.717) is 11.3 Å². The smallest absolute Gasteiger partial charge is 0.335 e. The number of aromatic carboxylic acids is 1. The molecule has 1 amide bonds. The van der Waals surface area contributed by atoms with Gasteiger partial charge < -0.3 is 10.4 Å². The summed E-state index contributed by atoms with van der Waals surface area (Å²) in [7, 11) is -3.38. The zero-order valence-corrected chi connectivity index (χ0v) is 10.7. The first-order valence-electron chi connectivity index (χ1n) is 5.00. The Morgan fingerprint density at radius 1 is 1.33 bits per heavy atom. The van der Waals surface area contributed by atoms with Crippen molar-refractivity contribution in [1.82, 2.24) is 0 Å². The van der Waals surface area contributed by atoms with Crippen LogP contribution in [0.4, 0.5) is 5.69 Å². The molecule has 0 aliphatic carbocycles. The Bertz CT molecular complexity index is 591. The predicted octanol–water partition coefficient (Wildman–Crippen LogP) is 0.676. The minimum Gasteiger partial charge on any atom is -0.478 e. The molecule has 0 aliphatic rings. The van der Waals surface area contributed by atoms with Gasteiger partial charge in [-0.15, -0.1) is 0 Å². The molecule has 0 saturated carbocycles. The van der Waals surface area contributed by atoms with E-state index in [2.05, 4.69) is 5.32 Å². The van der Waals surface area contributed by atoms with Crippen molar-refractivity contribution in [3.05, 3.63) is 29.3 Å². The minimum absolute atomic E-state index is 0.135. The van der Waals surface area contributed by atoms with Crippen LogP contribution >= 0.6 is 0 Å². The lowest BCUT2D eigenvalue weighted by Gasteiger charge is -2.07. The minimum atomic E-state index is -3.38. The summed E-state index contributed by atoms with van der Waals surface area (Å²) in [6.07, 6.45) is 0.964. The monoisotopic (exact) mass is 271 g/mol. The quantitative estimate of drug-likeness (QED) is 0.838. The fraction of sp³-hybridized carbons (Fsp3) is 0.273. The third kappa shape index (κ3) is 4.17. The molecule has 0 atom stereocenters. The number of carboxylic acid groups (broad SMARTS) is 1. The van der Waals surface area contributed by atoms with E-state index in [9.17, 15) is 18.0 Å². The maximum Gasteiger partial charge on any atom is 0.335 e. The van der Waals surface area contributed by atoms with Gasteiger partial charge in [0.05, 0.1) is 5.56 Å². The van der Waals surface area contributed by atoms with Crippen LogP contribution in [-0.4, -0.2) is 37.4 Å². The molecule has 6 nitrogen and oxygen atoms in total. The van der Waals surface area contributed by atoms with Gasteiger partial charge in [0.1, 0.15) is 5.75 Å². The number of carbonyl (C=O) groups excluding carboxylic acids is 1.